The van der Waals surface area contributed by atoms with Crippen LogP contribution < -0.4 is 15.2 Å². The molecule has 0 aliphatic carbocycles. The minimum atomic E-state index is -0.272. The van der Waals surface area contributed by atoms with Gasteiger partial charge in [-0.05, 0) is 24.1 Å². The van der Waals surface area contributed by atoms with E-state index in [2.05, 4.69) is 0 Å². The fourth-order valence-corrected chi connectivity index (χ4v) is 2.65. The fraction of sp³-hybridized carbons (Fsp3) is 0.250. The Labute approximate surface area is 134 Å². The van der Waals surface area contributed by atoms with Crippen molar-refractivity contribution in [3.63, 3.8) is 0 Å². The molecule has 21 heavy (non-hydrogen) atoms. The van der Waals surface area contributed by atoms with Crippen LogP contribution in [-0.2, 0) is 6.42 Å². The summed E-state index contributed by atoms with van der Waals surface area (Å²) >= 11 is 12.2. The van der Waals surface area contributed by atoms with E-state index in [0.29, 0.717) is 28.0 Å². The summed E-state index contributed by atoms with van der Waals surface area (Å²) in [6.07, 6.45) is 0.558. The van der Waals surface area contributed by atoms with Crippen molar-refractivity contribution < 1.29 is 9.47 Å². The molecule has 2 rings (SSSR count). The van der Waals surface area contributed by atoms with Gasteiger partial charge in [-0.2, -0.15) is 0 Å². The maximum atomic E-state index is 6.31. The van der Waals surface area contributed by atoms with Gasteiger partial charge < -0.3 is 15.2 Å². The summed E-state index contributed by atoms with van der Waals surface area (Å²) in [7, 11) is 3.20. The van der Waals surface area contributed by atoms with Crippen LogP contribution in [0.5, 0.6) is 11.5 Å². The molecule has 0 heterocycles. The molecular weight excluding hydrogens is 309 g/mol. The minimum Gasteiger partial charge on any atom is -0.493 e. The summed E-state index contributed by atoms with van der Waals surface area (Å²) < 4.78 is 10.7. The first-order valence-corrected chi connectivity index (χ1v) is 7.23. The Balaban J connectivity index is 2.32. The topological polar surface area (TPSA) is 44.5 Å². The van der Waals surface area contributed by atoms with Crippen LogP contribution >= 0.6 is 23.2 Å². The highest BCUT2D eigenvalue weighted by atomic mass is 35.5. The zero-order chi connectivity index (χ0) is 15.4. The molecule has 0 saturated carbocycles. The number of benzene rings is 2. The standard InChI is InChI=1S/C16H17Cl2NO2/c1-20-14-8-4-6-11(16(14)21-2)13(19)9-10-5-3-7-12(17)15(10)18/h3-8,13H,9,19H2,1-2H3. The lowest BCUT2D eigenvalue weighted by atomic mass is 9.98. The molecular formula is C16H17Cl2NO2. The number of methoxy groups -OCH3 is 2. The molecule has 1 unspecified atom stereocenters. The lowest BCUT2D eigenvalue weighted by Crippen LogP contribution is -2.15. The molecule has 1 atom stereocenters. The fourth-order valence-electron chi connectivity index (χ4n) is 2.26. The van der Waals surface area contributed by atoms with E-state index < -0.39 is 0 Å². The molecule has 2 aromatic carbocycles. The predicted molar refractivity (Wildman–Crippen MR) is 86.6 cm³/mol. The van der Waals surface area contributed by atoms with Gasteiger partial charge in [0, 0.05) is 11.6 Å². The van der Waals surface area contributed by atoms with E-state index in [-0.39, 0.29) is 6.04 Å². The van der Waals surface area contributed by atoms with Crippen LogP contribution in [0.2, 0.25) is 10.0 Å². The normalized spacial score (nSPS) is 12.0. The van der Waals surface area contributed by atoms with Crippen LogP contribution in [0.4, 0.5) is 0 Å². The number of para-hydroxylation sites is 1. The van der Waals surface area contributed by atoms with Crippen molar-refractivity contribution in [2.45, 2.75) is 12.5 Å². The Hall–Kier alpha value is -1.42. The Kier molecular flexibility index (Phi) is 5.34. The lowest BCUT2D eigenvalue weighted by molar-refractivity contribution is 0.349. The van der Waals surface area contributed by atoms with Crippen LogP contribution in [0, 0.1) is 0 Å². The van der Waals surface area contributed by atoms with Crippen molar-refractivity contribution >= 4 is 23.2 Å². The quantitative estimate of drug-likeness (QED) is 0.893. The largest absolute Gasteiger partial charge is 0.493 e. The van der Waals surface area contributed by atoms with Crippen molar-refractivity contribution in [1.29, 1.82) is 0 Å². The van der Waals surface area contributed by atoms with Crippen molar-refractivity contribution in [3.05, 3.63) is 57.6 Å². The smallest absolute Gasteiger partial charge is 0.165 e. The zero-order valence-corrected chi connectivity index (χ0v) is 13.4. The molecule has 0 radical (unpaired) electrons. The summed E-state index contributed by atoms with van der Waals surface area (Å²) in [6.45, 7) is 0. The van der Waals surface area contributed by atoms with Gasteiger partial charge in [0.25, 0.3) is 0 Å². The monoisotopic (exact) mass is 325 g/mol. The third kappa shape index (κ3) is 3.43. The summed E-state index contributed by atoms with van der Waals surface area (Å²) in [6, 6.07) is 10.9. The van der Waals surface area contributed by atoms with Gasteiger partial charge in [-0.1, -0.05) is 47.5 Å². The van der Waals surface area contributed by atoms with Crippen LogP contribution in [0.1, 0.15) is 17.2 Å². The van der Waals surface area contributed by atoms with E-state index in [9.17, 15) is 0 Å². The molecule has 112 valence electrons. The Morgan fingerprint density at radius 3 is 2.43 bits per heavy atom. The van der Waals surface area contributed by atoms with Crippen molar-refractivity contribution in [2.24, 2.45) is 5.73 Å². The summed E-state index contributed by atoms with van der Waals surface area (Å²) in [5.74, 6) is 1.30. The van der Waals surface area contributed by atoms with Crippen molar-refractivity contribution in [2.75, 3.05) is 14.2 Å². The van der Waals surface area contributed by atoms with Gasteiger partial charge in [0.1, 0.15) is 0 Å². The highest BCUT2D eigenvalue weighted by molar-refractivity contribution is 6.42. The van der Waals surface area contributed by atoms with E-state index in [0.717, 1.165) is 11.1 Å². The minimum absolute atomic E-state index is 0.272. The molecule has 0 fully saturated rings. The molecule has 0 saturated heterocycles. The van der Waals surface area contributed by atoms with Crippen LogP contribution in [0.3, 0.4) is 0 Å². The second kappa shape index (κ2) is 7.03. The average molecular weight is 326 g/mol. The molecule has 0 bridgehead atoms. The van der Waals surface area contributed by atoms with Crippen LogP contribution in [0.25, 0.3) is 0 Å². The van der Waals surface area contributed by atoms with Gasteiger partial charge in [-0.3, -0.25) is 0 Å². The number of halogens is 2. The lowest BCUT2D eigenvalue weighted by Gasteiger charge is -2.18. The first kappa shape index (κ1) is 16.0. The molecule has 0 amide bonds. The summed E-state index contributed by atoms with van der Waals surface area (Å²) in [4.78, 5) is 0. The number of nitrogens with two attached hydrogens (primary N) is 1. The van der Waals surface area contributed by atoms with Crippen LogP contribution in [-0.4, -0.2) is 14.2 Å². The molecule has 3 nitrogen and oxygen atoms in total. The number of ether oxygens (including phenoxy) is 2. The number of rotatable bonds is 5. The Bertz CT molecular complexity index is 632. The van der Waals surface area contributed by atoms with Gasteiger partial charge in [-0.15, -0.1) is 0 Å². The maximum Gasteiger partial charge on any atom is 0.165 e. The number of hydrogen-bond acceptors (Lipinski definition) is 3. The van der Waals surface area contributed by atoms with E-state index in [4.69, 9.17) is 38.4 Å². The van der Waals surface area contributed by atoms with Crippen molar-refractivity contribution in [1.82, 2.24) is 0 Å². The van der Waals surface area contributed by atoms with Gasteiger partial charge in [0.05, 0.1) is 24.3 Å². The summed E-state index contributed by atoms with van der Waals surface area (Å²) in [5.41, 5.74) is 8.08. The third-order valence-corrected chi connectivity index (χ3v) is 4.16. The van der Waals surface area contributed by atoms with Gasteiger partial charge in [0.15, 0.2) is 11.5 Å². The Morgan fingerprint density at radius 2 is 1.76 bits per heavy atom. The highest BCUT2D eigenvalue weighted by Gasteiger charge is 2.17. The first-order valence-electron chi connectivity index (χ1n) is 6.47. The third-order valence-electron chi connectivity index (χ3n) is 3.30. The zero-order valence-electron chi connectivity index (χ0n) is 11.9. The van der Waals surface area contributed by atoms with E-state index in [1.165, 1.54) is 0 Å². The molecule has 0 aromatic heterocycles. The molecule has 2 N–H and O–H groups in total. The summed E-state index contributed by atoms with van der Waals surface area (Å²) in [5, 5.41) is 1.07. The van der Waals surface area contributed by atoms with Gasteiger partial charge >= 0.3 is 0 Å². The van der Waals surface area contributed by atoms with E-state index in [1.54, 1.807) is 20.3 Å². The van der Waals surface area contributed by atoms with Gasteiger partial charge in [-0.25, -0.2) is 0 Å². The van der Waals surface area contributed by atoms with E-state index >= 15 is 0 Å². The predicted octanol–water partition coefficient (Wildman–Crippen LogP) is 4.25. The molecule has 0 aliphatic rings. The molecule has 0 spiro atoms. The maximum absolute atomic E-state index is 6.31. The van der Waals surface area contributed by atoms with E-state index in [1.807, 2.05) is 30.3 Å². The second-order valence-corrected chi connectivity index (χ2v) is 5.39. The number of hydrogen-bond donors (Lipinski definition) is 1. The molecule has 5 heteroatoms. The molecule has 2 aromatic rings. The Morgan fingerprint density at radius 1 is 1.05 bits per heavy atom. The van der Waals surface area contributed by atoms with Gasteiger partial charge in [0.2, 0.25) is 0 Å². The molecule has 0 aliphatic heterocycles. The average Bonchev–Trinajstić information content (AvgIpc) is 2.50. The van der Waals surface area contributed by atoms with Crippen LogP contribution in [0.15, 0.2) is 36.4 Å². The highest BCUT2D eigenvalue weighted by Crippen LogP contribution is 2.36. The first-order chi connectivity index (χ1) is 10.1. The SMILES string of the molecule is COc1cccc(C(N)Cc2cccc(Cl)c2Cl)c1OC. The van der Waals surface area contributed by atoms with Crippen molar-refractivity contribution in [3.8, 4) is 11.5 Å². The second-order valence-electron chi connectivity index (χ2n) is 4.61.